The maximum Gasteiger partial charge on any atom is 0.301 e. The minimum absolute atomic E-state index is 0.179. The van der Waals surface area contributed by atoms with E-state index in [1.54, 1.807) is 0 Å². The van der Waals surface area contributed by atoms with E-state index in [9.17, 15) is 30.4 Å². The third-order valence-corrected chi connectivity index (χ3v) is 2.73. The highest BCUT2D eigenvalue weighted by Gasteiger charge is 2.23. The molecule has 0 fully saturated rings. The number of anilines is 1. The Labute approximate surface area is 128 Å². The molecule has 0 amide bonds. The van der Waals surface area contributed by atoms with Crippen LogP contribution in [0.5, 0.6) is 0 Å². The van der Waals surface area contributed by atoms with Gasteiger partial charge in [0.05, 0.1) is 28.7 Å². The molecule has 1 rings (SSSR count). The number of aliphatic hydroxyl groups excluding tert-OH is 4. The van der Waals surface area contributed by atoms with Crippen LogP contribution in [0.2, 0.25) is 0 Å². The number of nitro groups is 2. The SMILES string of the molecule is O=[N+]([O-])c1ccc(N/N=C/C(O)C(O)C(O)CO)c([N+](=O)[O-])c1. The fourth-order valence-corrected chi connectivity index (χ4v) is 1.49. The van der Waals surface area contributed by atoms with Gasteiger partial charge in [0.2, 0.25) is 0 Å². The number of hydrogen-bond donors (Lipinski definition) is 5. The van der Waals surface area contributed by atoms with Gasteiger partial charge in [-0.3, -0.25) is 25.7 Å². The molecule has 0 aliphatic rings. The number of rotatable bonds is 8. The summed E-state index contributed by atoms with van der Waals surface area (Å²) in [5, 5.41) is 61.5. The zero-order chi connectivity index (χ0) is 17.6. The molecule has 0 aromatic heterocycles. The summed E-state index contributed by atoms with van der Waals surface area (Å²) in [5.74, 6) is 0. The zero-order valence-corrected chi connectivity index (χ0v) is 11.5. The van der Waals surface area contributed by atoms with Crippen LogP contribution in [0.25, 0.3) is 0 Å². The van der Waals surface area contributed by atoms with Gasteiger partial charge in [0.1, 0.15) is 24.0 Å². The highest BCUT2D eigenvalue weighted by molar-refractivity contribution is 5.69. The Bertz CT molecular complexity index is 608. The number of aliphatic hydroxyl groups is 4. The molecule has 0 aliphatic heterocycles. The number of nitrogens with one attached hydrogen (secondary N) is 1. The summed E-state index contributed by atoms with van der Waals surface area (Å²) in [7, 11) is 0. The summed E-state index contributed by atoms with van der Waals surface area (Å²) in [6.45, 7) is -0.784. The van der Waals surface area contributed by atoms with Gasteiger partial charge in [-0.15, -0.1) is 0 Å². The quantitative estimate of drug-likeness (QED) is 0.225. The molecule has 0 bridgehead atoms. The highest BCUT2D eigenvalue weighted by atomic mass is 16.6. The van der Waals surface area contributed by atoms with Gasteiger partial charge < -0.3 is 20.4 Å². The molecule has 3 atom stereocenters. The van der Waals surface area contributed by atoms with Crippen molar-refractivity contribution in [3.8, 4) is 0 Å². The minimum Gasteiger partial charge on any atom is -0.394 e. The lowest BCUT2D eigenvalue weighted by Gasteiger charge is -2.18. The number of benzene rings is 1. The molecule has 23 heavy (non-hydrogen) atoms. The molecule has 1 aromatic rings. The molecule has 12 nitrogen and oxygen atoms in total. The number of hydrazone groups is 1. The Kier molecular flexibility index (Phi) is 6.47. The van der Waals surface area contributed by atoms with Crippen LogP contribution < -0.4 is 5.43 Å². The number of nitrogens with zero attached hydrogens (tertiary/aromatic N) is 3. The van der Waals surface area contributed by atoms with E-state index in [1.165, 1.54) is 0 Å². The van der Waals surface area contributed by atoms with Crippen molar-refractivity contribution in [3.63, 3.8) is 0 Å². The summed E-state index contributed by atoms with van der Waals surface area (Å²) in [4.78, 5) is 19.8. The first-order valence-electron chi connectivity index (χ1n) is 6.15. The van der Waals surface area contributed by atoms with Gasteiger partial charge >= 0.3 is 5.69 Å². The first-order chi connectivity index (χ1) is 10.8. The van der Waals surface area contributed by atoms with Crippen LogP contribution in [0.1, 0.15) is 0 Å². The first-order valence-corrected chi connectivity index (χ1v) is 6.15. The molecule has 0 heterocycles. The maximum absolute atomic E-state index is 10.9. The molecule has 126 valence electrons. The van der Waals surface area contributed by atoms with Crippen LogP contribution in [0.15, 0.2) is 23.3 Å². The van der Waals surface area contributed by atoms with Gasteiger partial charge in [0.25, 0.3) is 5.69 Å². The van der Waals surface area contributed by atoms with Crippen molar-refractivity contribution in [2.45, 2.75) is 18.3 Å². The van der Waals surface area contributed by atoms with E-state index in [0.29, 0.717) is 0 Å². The van der Waals surface area contributed by atoms with Crippen LogP contribution >= 0.6 is 0 Å². The standard InChI is InChI=1S/C11H14N4O8/c16-5-10(18)11(19)9(17)4-12-13-7-2-1-6(14(20)21)3-8(7)15(22)23/h1-4,9-11,13,16-19H,5H2/b12-4+. The van der Waals surface area contributed by atoms with Crippen molar-refractivity contribution in [2.75, 3.05) is 12.0 Å². The lowest BCUT2D eigenvalue weighted by atomic mass is 10.1. The summed E-state index contributed by atoms with van der Waals surface area (Å²) >= 11 is 0. The normalized spacial score (nSPS) is 15.1. The molecule has 0 saturated carbocycles. The van der Waals surface area contributed by atoms with Gasteiger partial charge in [-0.1, -0.05) is 0 Å². The minimum atomic E-state index is -1.71. The molecule has 0 aliphatic carbocycles. The molecular formula is C11H14N4O8. The second-order valence-electron chi connectivity index (χ2n) is 4.34. The van der Waals surface area contributed by atoms with Crippen molar-refractivity contribution < 1.29 is 30.3 Å². The third-order valence-electron chi connectivity index (χ3n) is 2.73. The van der Waals surface area contributed by atoms with Crippen LogP contribution in [0, 0.1) is 20.2 Å². The molecule has 1 aromatic carbocycles. The predicted molar refractivity (Wildman–Crippen MR) is 77.0 cm³/mol. The second kappa shape index (κ2) is 8.09. The Hall–Kier alpha value is -2.67. The summed E-state index contributed by atoms with van der Waals surface area (Å²) in [6, 6.07) is 2.81. The first kappa shape index (κ1) is 18.4. The third kappa shape index (κ3) is 4.93. The number of nitro benzene ring substituents is 2. The highest BCUT2D eigenvalue weighted by Crippen LogP contribution is 2.28. The van der Waals surface area contributed by atoms with E-state index in [-0.39, 0.29) is 5.69 Å². The van der Waals surface area contributed by atoms with Crippen LogP contribution in [-0.4, -0.2) is 61.4 Å². The van der Waals surface area contributed by atoms with Crippen molar-refractivity contribution in [1.82, 2.24) is 0 Å². The topological polar surface area (TPSA) is 192 Å². The van der Waals surface area contributed by atoms with Crippen LogP contribution in [0.3, 0.4) is 0 Å². The largest absolute Gasteiger partial charge is 0.394 e. The Morgan fingerprint density at radius 1 is 1.22 bits per heavy atom. The predicted octanol–water partition coefficient (Wildman–Crippen LogP) is -1.02. The zero-order valence-electron chi connectivity index (χ0n) is 11.5. The molecule has 5 N–H and O–H groups in total. The smallest absolute Gasteiger partial charge is 0.301 e. The van der Waals surface area contributed by atoms with E-state index < -0.39 is 46.1 Å². The van der Waals surface area contributed by atoms with Crippen LogP contribution in [0.4, 0.5) is 17.1 Å². The van der Waals surface area contributed by atoms with Crippen molar-refractivity contribution in [2.24, 2.45) is 5.10 Å². The molecule has 0 saturated heterocycles. The van der Waals surface area contributed by atoms with E-state index >= 15 is 0 Å². The maximum atomic E-state index is 10.9. The lowest BCUT2D eigenvalue weighted by molar-refractivity contribution is -0.393. The van der Waals surface area contributed by atoms with Crippen molar-refractivity contribution in [1.29, 1.82) is 0 Å². The van der Waals surface area contributed by atoms with Gasteiger partial charge in [-0.05, 0) is 6.07 Å². The van der Waals surface area contributed by atoms with E-state index in [2.05, 4.69) is 10.5 Å². The van der Waals surface area contributed by atoms with Gasteiger partial charge in [-0.2, -0.15) is 5.10 Å². The average molecular weight is 330 g/mol. The Morgan fingerprint density at radius 3 is 2.39 bits per heavy atom. The number of non-ortho nitro benzene ring substituents is 1. The van der Waals surface area contributed by atoms with E-state index in [1.807, 2.05) is 0 Å². The van der Waals surface area contributed by atoms with Gasteiger partial charge in [0, 0.05) is 6.07 Å². The van der Waals surface area contributed by atoms with Crippen molar-refractivity contribution >= 4 is 23.3 Å². The summed E-state index contributed by atoms with van der Waals surface area (Å²) in [6.07, 6.45) is -4.21. The van der Waals surface area contributed by atoms with Gasteiger partial charge in [0.15, 0.2) is 0 Å². The fraction of sp³-hybridized carbons (Fsp3) is 0.364. The molecule has 3 unspecified atom stereocenters. The number of hydrogen-bond acceptors (Lipinski definition) is 10. The Balaban J connectivity index is 2.87. The fourth-order valence-electron chi connectivity index (χ4n) is 1.49. The second-order valence-corrected chi connectivity index (χ2v) is 4.34. The summed E-state index contributed by atoms with van der Waals surface area (Å²) < 4.78 is 0. The monoisotopic (exact) mass is 330 g/mol. The Morgan fingerprint density at radius 2 is 1.87 bits per heavy atom. The molecule has 0 spiro atoms. The molecule has 0 radical (unpaired) electrons. The van der Waals surface area contributed by atoms with Crippen molar-refractivity contribution in [3.05, 3.63) is 38.4 Å². The van der Waals surface area contributed by atoms with Gasteiger partial charge in [-0.25, -0.2) is 0 Å². The molecular weight excluding hydrogens is 316 g/mol. The van der Waals surface area contributed by atoms with E-state index in [0.717, 1.165) is 24.4 Å². The van der Waals surface area contributed by atoms with E-state index in [4.69, 9.17) is 10.2 Å². The van der Waals surface area contributed by atoms with Crippen LogP contribution in [-0.2, 0) is 0 Å². The summed E-state index contributed by atoms with van der Waals surface area (Å²) in [5.41, 5.74) is 0.926. The average Bonchev–Trinajstić information content (AvgIpc) is 2.52. The lowest BCUT2D eigenvalue weighted by Crippen LogP contribution is -2.40. The molecule has 12 heteroatoms.